The number of benzene rings is 1. The third kappa shape index (κ3) is 3.93. The normalized spacial score (nSPS) is 41.7. The number of aliphatic hydroxyl groups excluding tert-OH is 2. The van der Waals surface area contributed by atoms with E-state index in [9.17, 15) is 23.4 Å². The van der Waals surface area contributed by atoms with Gasteiger partial charge >= 0.3 is 6.36 Å². The maximum Gasteiger partial charge on any atom is 0.573 e. The van der Waals surface area contributed by atoms with E-state index >= 15 is 0 Å². The number of hydrogen-bond donors (Lipinski definition) is 2. The second-order valence-electron chi connectivity index (χ2n) is 11.1. The zero-order valence-corrected chi connectivity index (χ0v) is 19.2. The Balaban J connectivity index is 1.39. The van der Waals surface area contributed by atoms with Gasteiger partial charge < -0.3 is 14.9 Å². The minimum atomic E-state index is -4.70. The molecule has 5 rings (SSSR count). The van der Waals surface area contributed by atoms with Crippen LogP contribution in [-0.2, 0) is 0 Å². The summed E-state index contributed by atoms with van der Waals surface area (Å²) in [5.41, 5.74) is 3.15. The highest BCUT2D eigenvalue weighted by Crippen LogP contribution is 2.65. The van der Waals surface area contributed by atoms with Crippen molar-refractivity contribution in [2.24, 2.45) is 28.6 Å². The Morgan fingerprint density at radius 1 is 1.00 bits per heavy atom. The predicted molar refractivity (Wildman–Crippen MR) is 120 cm³/mol. The van der Waals surface area contributed by atoms with Gasteiger partial charge in [-0.25, -0.2) is 0 Å². The van der Waals surface area contributed by atoms with Crippen molar-refractivity contribution in [1.82, 2.24) is 0 Å². The van der Waals surface area contributed by atoms with Crippen LogP contribution in [0.1, 0.15) is 64.4 Å². The van der Waals surface area contributed by atoms with Crippen molar-refractivity contribution >= 4 is 6.08 Å². The molecule has 1 aromatic rings. The van der Waals surface area contributed by atoms with Gasteiger partial charge in [0.2, 0.25) is 0 Å². The zero-order valence-electron chi connectivity index (χ0n) is 19.2. The molecule has 180 valence electrons. The number of aliphatic hydroxyl groups is 2. The van der Waals surface area contributed by atoms with Crippen LogP contribution >= 0.6 is 0 Å². The number of fused-ring (bicyclic) bond motifs is 5. The standard InChI is InChI=1S/C27H33F3O3/c1-25-11-9-19(31)15-18(25)5-8-21-22(25)10-12-26(2)23(21)14-17(24(26)32)13-16-3-6-20(7-4-16)33-27(28,29)30/h3-7,13,19,21-24,31-32H,8-12,14-15H2,1-2H3/b17-13-/t19-,21-,22+,23+,24+,25-,26+/m0/s1. The first-order valence-corrected chi connectivity index (χ1v) is 12.1. The summed E-state index contributed by atoms with van der Waals surface area (Å²) in [5, 5.41) is 21.5. The fourth-order valence-corrected chi connectivity index (χ4v) is 7.62. The Morgan fingerprint density at radius 3 is 2.42 bits per heavy atom. The van der Waals surface area contributed by atoms with Gasteiger partial charge in [0.1, 0.15) is 5.75 Å². The predicted octanol–water partition coefficient (Wildman–Crippen LogP) is 6.26. The van der Waals surface area contributed by atoms with Crippen molar-refractivity contribution in [3.63, 3.8) is 0 Å². The summed E-state index contributed by atoms with van der Waals surface area (Å²) in [7, 11) is 0. The topological polar surface area (TPSA) is 49.7 Å². The van der Waals surface area contributed by atoms with Gasteiger partial charge in [-0.1, -0.05) is 43.7 Å². The van der Waals surface area contributed by atoms with Gasteiger partial charge in [-0.05, 0) is 91.4 Å². The second-order valence-corrected chi connectivity index (χ2v) is 11.1. The van der Waals surface area contributed by atoms with Gasteiger partial charge in [-0.3, -0.25) is 0 Å². The summed E-state index contributed by atoms with van der Waals surface area (Å²) in [5.74, 6) is 1.23. The molecule has 4 aliphatic rings. The van der Waals surface area contributed by atoms with Crippen LogP contribution in [0.3, 0.4) is 0 Å². The molecule has 0 amide bonds. The third-order valence-electron chi connectivity index (χ3n) is 9.41. The van der Waals surface area contributed by atoms with Gasteiger partial charge in [0, 0.05) is 5.41 Å². The number of alkyl halides is 3. The molecule has 0 spiro atoms. The fourth-order valence-electron chi connectivity index (χ4n) is 7.62. The monoisotopic (exact) mass is 462 g/mol. The molecule has 3 fully saturated rings. The van der Waals surface area contributed by atoms with Crippen molar-refractivity contribution in [2.75, 3.05) is 0 Å². The minimum absolute atomic E-state index is 0.148. The number of allylic oxidation sites excluding steroid dienone is 1. The molecule has 0 radical (unpaired) electrons. The van der Waals surface area contributed by atoms with E-state index in [1.165, 1.54) is 17.7 Å². The summed E-state index contributed by atoms with van der Waals surface area (Å²) >= 11 is 0. The Kier molecular flexibility index (Phi) is 5.48. The number of hydrogen-bond acceptors (Lipinski definition) is 3. The minimum Gasteiger partial charge on any atom is -0.406 e. The first-order valence-electron chi connectivity index (χ1n) is 12.1. The first-order chi connectivity index (χ1) is 15.5. The van der Waals surface area contributed by atoms with Crippen molar-refractivity contribution in [3.05, 3.63) is 47.1 Å². The molecule has 33 heavy (non-hydrogen) atoms. The molecule has 3 saturated carbocycles. The molecule has 0 aromatic heterocycles. The van der Waals surface area contributed by atoms with Gasteiger partial charge in [0.05, 0.1) is 12.2 Å². The second kappa shape index (κ2) is 7.88. The largest absolute Gasteiger partial charge is 0.573 e. The van der Waals surface area contributed by atoms with Crippen molar-refractivity contribution in [3.8, 4) is 5.75 Å². The van der Waals surface area contributed by atoms with Gasteiger partial charge in [0.25, 0.3) is 0 Å². The van der Waals surface area contributed by atoms with E-state index in [-0.39, 0.29) is 22.7 Å². The lowest BCUT2D eigenvalue weighted by Crippen LogP contribution is -2.51. The van der Waals surface area contributed by atoms with Crippen molar-refractivity contribution in [1.29, 1.82) is 0 Å². The van der Waals surface area contributed by atoms with E-state index in [4.69, 9.17) is 0 Å². The summed E-state index contributed by atoms with van der Waals surface area (Å²) < 4.78 is 41.3. The average Bonchev–Trinajstić information content (AvgIpc) is 2.99. The summed E-state index contributed by atoms with van der Waals surface area (Å²) in [6, 6.07) is 5.85. The van der Waals surface area contributed by atoms with Crippen LogP contribution in [0.25, 0.3) is 6.08 Å². The molecule has 7 atom stereocenters. The molecule has 0 heterocycles. The molecular weight excluding hydrogens is 429 g/mol. The molecule has 4 aliphatic carbocycles. The Bertz CT molecular complexity index is 966. The highest BCUT2D eigenvalue weighted by atomic mass is 19.4. The maximum atomic E-state index is 12.4. The molecular formula is C27H33F3O3. The maximum absolute atomic E-state index is 12.4. The van der Waals surface area contributed by atoms with Crippen LogP contribution in [0.2, 0.25) is 0 Å². The van der Waals surface area contributed by atoms with Crippen LogP contribution < -0.4 is 4.74 Å². The SMILES string of the molecule is C[C@@]12CC[C@@H]3[C@H](CC=C4C[C@@H](O)CC[C@@]43C)[C@H]1C/C(=C/c1ccc(OC(F)(F)F)cc1)[C@H]2O. The van der Waals surface area contributed by atoms with E-state index in [0.29, 0.717) is 17.8 Å². The summed E-state index contributed by atoms with van der Waals surface area (Å²) in [6.45, 7) is 4.60. The van der Waals surface area contributed by atoms with Crippen molar-refractivity contribution in [2.45, 2.75) is 77.4 Å². The van der Waals surface area contributed by atoms with Crippen LogP contribution in [0.5, 0.6) is 5.75 Å². The quantitative estimate of drug-likeness (QED) is 0.510. The molecule has 2 N–H and O–H groups in total. The fraction of sp³-hybridized carbons (Fsp3) is 0.630. The molecule has 0 saturated heterocycles. The van der Waals surface area contributed by atoms with Crippen LogP contribution in [0.15, 0.2) is 41.5 Å². The van der Waals surface area contributed by atoms with E-state index in [1.807, 2.05) is 6.08 Å². The molecule has 0 aliphatic heterocycles. The molecule has 6 heteroatoms. The molecule has 0 bridgehead atoms. The van der Waals surface area contributed by atoms with Crippen LogP contribution in [0.4, 0.5) is 13.2 Å². The number of halogens is 3. The molecule has 3 nitrogen and oxygen atoms in total. The molecule has 0 unspecified atom stereocenters. The van der Waals surface area contributed by atoms with E-state index in [0.717, 1.165) is 56.1 Å². The van der Waals surface area contributed by atoms with Gasteiger partial charge in [-0.2, -0.15) is 0 Å². The van der Waals surface area contributed by atoms with E-state index < -0.39 is 12.5 Å². The van der Waals surface area contributed by atoms with Crippen molar-refractivity contribution < 1.29 is 28.1 Å². The lowest BCUT2D eigenvalue weighted by atomic mass is 9.48. The zero-order chi connectivity index (χ0) is 23.6. The van der Waals surface area contributed by atoms with Gasteiger partial charge in [-0.15, -0.1) is 13.2 Å². The average molecular weight is 463 g/mol. The highest BCUT2D eigenvalue weighted by molar-refractivity contribution is 5.56. The Morgan fingerprint density at radius 2 is 1.73 bits per heavy atom. The summed E-state index contributed by atoms with van der Waals surface area (Å²) in [4.78, 5) is 0. The van der Waals surface area contributed by atoms with E-state index in [2.05, 4.69) is 24.7 Å². The lowest BCUT2D eigenvalue weighted by Gasteiger charge is -2.57. The van der Waals surface area contributed by atoms with Crippen LogP contribution in [0, 0.1) is 28.6 Å². The highest BCUT2D eigenvalue weighted by Gasteiger charge is 2.59. The Labute approximate surface area is 193 Å². The summed E-state index contributed by atoms with van der Waals surface area (Å²) in [6.07, 6.45) is 5.44. The Hall–Kier alpha value is -1.79. The van der Waals surface area contributed by atoms with Gasteiger partial charge in [0.15, 0.2) is 0 Å². The smallest absolute Gasteiger partial charge is 0.406 e. The lowest BCUT2D eigenvalue weighted by molar-refractivity contribution is -0.274. The number of rotatable bonds is 2. The van der Waals surface area contributed by atoms with Crippen LogP contribution in [-0.4, -0.2) is 28.8 Å². The first kappa shape index (κ1) is 23.0. The van der Waals surface area contributed by atoms with E-state index in [1.54, 1.807) is 12.1 Å². The third-order valence-corrected chi connectivity index (χ3v) is 9.41. The number of ether oxygens (including phenoxy) is 1. The molecule has 1 aromatic carbocycles.